The van der Waals surface area contributed by atoms with Gasteiger partial charge >= 0.3 is 0 Å². The van der Waals surface area contributed by atoms with Crippen LogP contribution in [0, 0.1) is 11.8 Å². The van der Waals surface area contributed by atoms with E-state index in [0.29, 0.717) is 35.1 Å². The van der Waals surface area contributed by atoms with Crippen molar-refractivity contribution in [3.63, 3.8) is 0 Å². The van der Waals surface area contributed by atoms with Gasteiger partial charge in [-0.3, -0.25) is 9.59 Å². The van der Waals surface area contributed by atoms with Crippen LogP contribution in [0.25, 0.3) is 0 Å². The van der Waals surface area contributed by atoms with Gasteiger partial charge in [-0.1, -0.05) is 11.6 Å². The summed E-state index contributed by atoms with van der Waals surface area (Å²) in [6.07, 6.45) is 2.90. The van der Waals surface area contributed by atoms with Gasteiger partial charge in [0.2, 0.25) is 11.8 Å². The highest BCUT2D eigenvalue weighted by molar-refractivity contribution is 6.32. The SMILES string of the molecule is CCN(CC)C(=O)C1CCC(C(=O)Nc2cc(OC)c(Cl)cc2OC)CC1. The molecule has 1 aliphatic rings. The summed E-state index contributed by atoms with van der Waals surface area (Å²) in [5.41, 5.74) is 0.532. The Kier molecular flexibility index (Phi) is 7.78. The van der Waals surface area contributed by atoms with Crippen molar-refractivity contribution in [2.24, 2.45) is 11.8 Å². The number of nitrogens with one attached hydrogen (secondary N) is 1. The molecule has 1 fully saturated rings. The first-order valence-electron chi connectivity index (χ1n) is 9.46. The maximum atomic E-state index is 12.7. The van der Waals surface area contributed by atoms with Gasteiger partial charge in [0.1, 0.15) is 11.5 Å². The molecule has 150 valence electrons. The molecule has 1 aromatic carbocycles. The minimum atomic E-state index is -0.114. The van der Waals surface area contributed by atoms with Crippen LogP contribution in [0.15, 0.2) is 12.1 Å². The van der Waals surface area contributed by atoms with Gasteiger partial charge in [-0.15, -0.1) is 0 Å². The molecule has 0 radical (unpaired) electrons. The molecule has 2 amide bonds. The summed E-state index contributed by atoms with van der Waals surface area (Å²) in [5.74, 6) is 1.02. The topological polar surface area (TPSA) is 67.9 Å². The third kappa shape index (κ3) is 5.06. The molecule has 7 heteroatoms. The zero-order valence-electron chi connectivity index (χ0n) is 16.5. The van der Waals surface area contributed by atoms with Crippen molar-refractivity contribution in [2.75, 3.05) is 32.6 Å². The third-order valence-electron chi connectivity index (χ3n) is 5.25. The molecular formula is C20H29ClN2O4. The fraction of sp³-hybridized carbons (Fsp3) is 0.600. The Morgan fingerprint density at radius 3 is 2.11 bits per heavy atom. The number of amides is 2. The summed E-state index contributed by atoms with van der Waals surface area (Å²) in [6.45, 7) is 5.45. The van der Waals surface area contributed by atoms with Gasteiger partial charge in [0, 0.05) is 37.1 Å². The number of anilines is 1. The monoisotopic (exact) mass is 396 g/mol. The van der Waals surface area contributed by atoms with Crippen LogP contribution in [0.5, 0.6) is 11.5 Å². The van der Waals surface area contributed by atoms with Crippen LogP contribution >= 0.6 is 11.6 Å². The maximum Gasteiger partial charge on any atom is 0.227 e. The van der Waals surface area contributed by atoms with E-state index in [1.807, 2.05) is 18.7 Å². The molecule has 0 heterocycles. The van der Waals surface area contributed by atoms with Gasteiger partial charge in [-0.2, -0.15) is 0 Å². The highest BCUT2D eigenvalue weighted by atomic mass is 35.5. The number of carbonyl (C=O) groups is 2. The number of carbonyl (C=O) groups excluding carboxylic acids is 2. The number of benzene rings is 1. The second kappa shape index (κ2) is 9.83. The standard InChI is InChI=1S/C20H29ClN2O4/c1-5-23(6-2)20(25)14-9-7-13(8-10-14)19(24)22-16-12-17(26-3)15(21)11-18(16)27-4/h11-14H,5-10H2,1-4H3,(H,22,24). The highest BCUT2D eigenvalue weighted by Crippen LogP contribution is 2.37. The Morgan fingerprint density at radius 1 is 1.04 bits per heavy atom. The maximum absolute atomic E-state index is 12.7. The Morgan fingerprint density at radius 2 is 1.59 bits per heavy atom. The summed E-state index contributed by atoms with van der Waals surface area (Å²) in [7, 11) is 3.05. The fourth-order valence-corrected chi connectivity index (χ4v) is 3.82. The highest BCUT2D eigenvalue weighted by Gasteiger charge is 2.31. The van der Waals surface area contributed by atoms with Crippen LogP contribution in [-0.2, 0) is 9.59 Å². The first-order valence-corrected chi connectivity index (χ1v) is 9.84. The van der Waals surface area contributed by atoms with Crippen LogP contribution in [0.3, 0.4) is 0 Å². The normalized spacial score (nSPS) is 19.3. The van der Waals surface area contributed by atoms with Crippen LogP contribution in [0.2, 0.25) is 5.02 Å². The van der Waals surface area contributed by atoms with Crippen molar-refractivity contribution in [3.05, 3.63) is 17.2 Å². The lowest BCUT2D eigenvalue weighted by Gasteiger charge is -2.30. The van der Waals surface area contributed by atoms with Gasteiger partial charge in [0.15, 0.2) is 0 Å². The fourth-order valence-electron chi connectivity index (χ4n) is 3.59. The van der Waals surface area contributed by atoms with Crippen molar-refractivity contribution < 1.29 is 19.1 Å². The molecule has 0 saturated heterocycles. The average Bonchev–Trinajstić information content (AvgIpc) is 2.69. The van der Waals surface area contributed by atoms with E-state index in [9.17, 15) is 9.59 Å². The summed E-state index contributed by atoms with van der Waals surface area (Å²) in [6, 6.07) is 3.28. The number of hydrogen-bond donors (Lipinski definition) is 1. The zero-order valence-corrected chi connectivity index (χ0v) is 17.3. The lowest BCUT2D eigenvalue weighted by molar-refractivity contribution is -0.137. The minimum Gasteiger partial charge on any atom is -0.495 e. The Bertz CT molecular complexity index is 668. The number of nitrogens with zero attached hydrogens (tertiary/aromatic N) is 1. The number of ether oxygens (including phenoxy) is 2. The van der Waals surface area contributed by atoms with E-state index in [-0.39, 0.29) is 23.7 Å². The molecule has 0 aromatic heterocycles. The molecule has 0 aliphatic heterocycles. The van der Waals surface area contributed by atoms with Gasteiger partial charge in [0.05, 0.1) is 24.9 Å². The van der Waals surface area contributed by atoms with Gasteiger partial charge < -0.3 is 19.7 Å². The van der Waals surface area contributed by atoms with Crippen LogP contribution in [-0.4, -0.2) is 44.0 Å². The molecule has 6 nitrogen and oxygen atoms in total. The average molecular weight is 397 g/mol. The third-order valence-corrected chi connectivity index (χ3v) is 5.55. The summed E-state index contributed by atoms with van der Waals surface area (Å²) in [4.78, 5) is 27.1. The quantitative estimate of drug-likeness (QED) is 0.757. The number of rotatable bonds is 7. The number of methoxy groups -OCH3 is 2. The first kappa shape index (κ1) is 21.4. The number of hydrogen-bond acceptors (Lipinski definition) is 4. The van der Waals surface area contributed by atoms with Crippen molar-refractivity contribution >= 4 is 29.1 Å². The largest absolute Gasteiger partial charge is 0.495 e. The molecule has 27 heavy (non-hydrogen) atoms. The van der Waals surface area contributed by atoms with E-state index in [1.54, 1.807) is 12.1 Å². The molecule has 0 unspecified atom stereocenters. The van der Waals surface area contributed by atoms with E-state index in [4.69, 9.17) is 21.1 Å². The van der Waals surface area contributed by atoms with E-state index < -0.39 is 0 Å². The lowest BCUT2D eigenvalue weighted by atomic mass is 9.81. The lowest BCUT2D eigenvalue weighted by Crippen LogP contribution is -2.38. The van der Waals surface area contributed by atoms with Crippen molar-refractivity contribution in [1.82, 2.24) is 4.90 Å². The van der Waals surface area contributed by atoms with Crippen LogP contribution in [0.1, 0.15) is 39.5 Å². The van der Waals surface area contributed by atoms with Crippen molar-refractivity contribution in [3.8, 4) is 11.5 Å². The van der Waals surface area contributed by atoms with Gasteiger partial charge in [-0.25, -0.2) is 0 Å². The van der Waals surface area contributed by atoms with Gasteiger partial charge in [0.25, 0.3) is 0 Å². The molecule has 2 rings (SSSR count). The van der Waals surface area contributed by atoms with E-state index in [2.05, 4.69) is 5.32 Å². The molecule has 0 atom stereocenters. The molecule has 1 saturated carbocycles. The van der Waals surface area contributed by atoms with Crippen LogP contribution in [0.4, 0.5) is 5.69 Å². The summed E-state index contributed by atoms with van der Waals surface area (Å²) >= 11 is 6.11. The van der Waals surface area contributed by atoms with Gasteiger partial charge in [-0.05, 0) is 39.5 Å². The second-order valence-corrected chi connectivity index (χ2v) is 7.14. The minimum absolute atomic E-state index is 0.0270. The van der Waals surface area contributed by atoms with E-state index in [1.165, 1.54) is 14.2 Å². The Labute approximate surface area is 166 Å². The van der Waals surface area contributed by atoms with Crippen LogP contribution < -0.4 is 14.8 Å². The smallest absolute Gasteiger partial charge is 0.227 e. The molecule has 0 spiro atoms. The molecular weight excluding hydrogens is 368 g/mol. The Balaban J connectivity index is 2.00. The first-order chi connectivity index (χ1) is 12.9. The van der Waals surface area contributed by atoms with Crippen molar-refractivity contribution in [2.45, 2.75) is 39.5 Å². The summed E-state index contributed by atoms with van der Waals surface area (Å²) < 4.78 is 10.5. The summed E-state index contributed by atoms with van der Waals surface area (Å²) in [5, 5.41) is 3.34. The molecule has 1 aliphatic carbocycles. The molecule has 1 N–H and O–H groups in total. The zero-order chi connectivity index (χ0) is 20.0. The predicted octanol–water partition coefficient (Wildman–Crippen LogP) is 3.97. The van der Waals surface area contributed by atoms with E-state index >= 15 is 0 Å². The molecule has 0 bridgehead atoms. The second-order valence-electron chi connectivity index (χ2n) is 6.74. The molecule has 1 aromatic rings. The van der Waals surface area contributed by atoms with Crippen molar-refractivity contribution in [1.29, 1.82) is 0 Å². The Hall–Kier alpha value is -1.95. The predicted molar refractivity (Wildman–Crippen MR) is 107 cm³/mol. The number of halogens is 1. The van der Waals surface area contributed by atoms with E-state index in [0.717, 1.165) is 25.9 Å².